The average molecular weight is 521 g/mol. The largest absolute Gasteiger partial charge is 0.385 e. The quantitative estimate of drug-likeness (QED) is 0.382. The maximum Gasteiger partial charge on any atom is 0.262 e. The second-order valence-corrected chi connectivity index (χ2v) is 10.0. The molecule has 3 aliphatic heterocycles. The Morgan fingerprint density at radius 3 is 2.53 bits per heavy atom. The summed E-state index contributed by atoms with van der Waals surface area (Å²) in [6, 6.07) is 6.30. The third-order valence-corrected chi connectivity index (χ3v) is 7.55. The van der Waals surface area contributed by atoms with Crippen molar-refractivity contribution in [2.45, 2.75) is 63.5 Å². The zero-order valence-electron chi connectivity index (χ0n) is 21.2. The Balaban J connectivity index is 1.03. The molecule has 200 valence electrons. The van der Waals surface area contributed by atoms with E-state index in [9.17, 15) is 24.0 Å². The number of carbonyl (C=O) groups is 5. The number of nitrogens with one attached hydrogen (secondary N) is 2. The molecule has 1 aromatic carbocycles. The summed E-state index contributed by atoms with van der Waals surface area (Å²) in [5, 5.41) is 9.79. The molecule has 5 rings (SSSR count). The van der Waals surface area contributed by atoms with Gasteiger partial charge in [-0.25, -0.2) is 0 Å². The number of benzene rings is 1. The number of carbonyl (C=O) groups excluding carboxylic acids is 5. The fourth-order valence-electron chi connectivity index (χ4n) is 5.43. The number of unbranched alkanes of at least 4 members (excludes halogenated alkanes) is 2. The first-order chi connectivity index (χ1) is 18.4. The highest BCUT2D eigenvalue weighted by Gasteiger charge is 2.44. The van der Waals surface area contributed by atoms with Gasteiger partial charge in [-0.1, -0.05) is 6.42 Å². The molecule has 2 N–H and O–H groups in total. The van der Waals surface area contributed by atoms with E-state index in [0.717, 1.165) is 50.1 Å². The van der Waals surface area contributed by atoms with Crippen molar-refractivity contribution in [2.24, 2.45) is 0 Å². The van der Waals surface area contributed by atoms with Crippen LogP contribution in [-0.4, -0.2) is 74.8 Å². The minimum atomic E-state index is -0.970. The van der Waals surface area contributed by atoms with Crippen molar-refractivity contribution in [1.29, 1.82) is 0 Å². The molecule has 0 saturated carbocycles. The lowest BCUT2D eigenvalue weighted by Gasteiger charge is -2.32. The van der Waals surface area contributed by atoms with Crippen LogP contribution in [0.15, 0.2) is 36.7 Å². The first kappa shape index (κ1) is 25.6. The molecule has 11 nitrogen and oxygen atoms in total. The summed E-state index contributed by atoms with van der Waals surface area (Å²) >= 11 is 0. The first-order valence-electron chi connectivity index (χ1n) is 13.3. The molecular formula is C27H32N6O5. The van der Waals surface area contributed by atoms with E-state index >= 15 is 0 Å². The van der Waals surface area contributed by atoms with Gasteiger partial charge < -0.3 is 10.2 Å². The average Bonchev–Trinajstić information content (AvgIpc) is 3.54. The lowest BCUT2D eigenvalue weighted by molar-refractivity contribution is -0.136. The molecule has 4 heterocycles. The molecule has 5 amide bonds. The highest BCUT2D eigenvalue weighted by atomic mass is 16.2. The third kappa shape index (κ3) is 5.32. The van der Waals surface area contributed by atoms with Crippen LogP contribution in [0.2, 0.25) is 0 Å². The van der Waals surface area contributed by atoms with E-state index in [1.54, 1.807) is 24.4 Å². The number of amides is 5. The monoisotopic (exact) mass is 520 g/mol. The van der Waals surface area contributed by atoms with Crippen LogP contribution >= 0.6 is 0 Å². The summed E-state index contributed by atoms with van der Waals surface area (Å²) in [5.74, 6) is -1.84. The van der Waals surface area contributed by atoms with Crippen molar-refractivity contribution in [3.63, 3.8) is 0 Å². The van der Waals surface area contributed by atoms with Crippen molar-refractivity contribution in [3.8, 4) is 0 Å². The molecule has 1 aromatic heterocycles. The number of hydrogen-bond donors (Lipinski definition) is 2. The van der Waals surface area contributed by atoms with Crippen LogP contribution in [0.5, 0.6) is 0 Å². The molecule has 2 aromatic rings. The SMILES string of the molecule is O=C1CCC(N2C(=O)c3ccc(NCCCCCC(=O)N4CCC(n5cccn5)CC4)cc3C2=O)C(=O)N1. The fraction of sp³-hybridized carbons (Fsp3) is 0.481. The van der Waals surface area contributed by atoms with Gasteiger partial charge in [-0.05, 0) is 56.4 Å². The van der Waals surface area contributed by atoms with E-state index in [2.05, 4.69) is 15.7 Å². The standard InChI is InChI=1S/C27H32N6O5/c34-23-9-8-22(25(36)30-23)33-26(37)20-7-6-18(17-21(20)27(33)38)28-12-3-1-2-5-24(35)31-15-10-19(11-16-31)32-14-4-13-29-32/h4,6-7,13-14,17,19,22,28H,1-3,5,8-12,15-16H2,(H,30,34,36). The van der Waals surface area contributed by atoms with Crippen LogP contribution in [0.25, 0.3) is 0 Å². The van der Waals surface area contributed by atoms with Crippen LogP contribution in [0.1, 0.15) is 78.1 Å². The van der Waals surface area contributed by atoms with Gasteiger partial charge in [0.25, 0.3) is 11.8 Å². The van der Waals surface area contributed by atoms with Crippen molar-refractivity contribution in [1.82, 2.24) is 24.9 Å². The predicted octanol–water partition coefficient (Wildman–Crippen LogP) is 2.12. The summed E-state index contributed by atoms with van der Waals surface area (Å²) in [6.07, 6.45) is 8.96. The second kappa shape index (κ2) is 11.2. The number of aromatic nitrogens is 2. The summed E-state index contributed by atoms with van der Waals surface area (Å²) in [4.78, 5) is 64.9. The van der Waals surface area contributed by atoms with Gasteiger partial charge in [0, 0.05) is 50.6 Å². The molecule has 0 spiro atoms. The molecule has 2 fully saturated rings. The molecule has 0 aliphatic carbocycles. The predicted molar refractivity (Wildman–Crippen MR) is 137 cm³/mol. The van der Waals surface area contributed by atoms with Crippen LogP contribution in [0, 0.1) is 0 Å². The number of fused-ring (bicyclic) bond motifs is 1. The van der Waals surface area contributed by atoms with Crippen molar-refractivity contribution in [2.75, 3.05) is 25.0 Å². The molecule has 11 heteroatoms. The Morgan fingerprint density at radius 2 is 1.79 bits per heavy atom. The normalized spacial score (nSPS) is 20.1. The number of nitrogens with zero attached hydrogens (tertiary/aromatic N) is 4. The molecule has 38 heavy (non-hydrogen) atoms. The van der Waals surface area contributed by atoms with E-state index in [1.165, 1.54) is 0 Å². The van der Waals surface area contributed by atoms with E-state index in [1.807, 2.05) is 21.8 Å². The van der Waals surface area contributed by atoms with E-state index in [0.29, 0.717) is 24.7 Å². The molecule has 1 atom stereocenters. The summed E-state index contributed by atoms with van der Waals surface area (Å²) < 4.78 is 1.98. The number of piperidine rings is 2. The minimum absolute atomic E-state index is 0.0901. The van der Waals surface area contributed by atoms with Crippen LogP contribution in [0.4, 0.5) is 5.69 Å². The lowest BCUT2D eigenvalue weighted by Crippen LogP contribution is -2.54. The second-order valence-electron chi connectivity index (χ2n) is 10.0. The number of likely N-dealkylation sites (tertiary alicyclic amines) is 1. The smallest absolute Gasteiger partial charge is 0.262 e. The van der Waals surface area contributed by atoms with Crippen LogP contribution in [-0.2, 0) is 14.4 Å². The lowest BCUT2D eigenvalue weighted by atomic mass is 10.0. The van der Waals surface area contributed by atoms with Gasteiger partial charge in [-0.15, -0.1) is 0 Å². The van der Waals surface area contributed by atoms with Crippen LogP contribution < -0.4 is 10.6 Å². The zero-order valence-corrected chi connectivity index (χ0v) is 21.2. The van der Waals surface area contributed by atoms with Gasteiger partial charge >= 0.3 is 0 Å². The zero-order chi connectivity index (χ0) is 26.6. The Bertz CT molecular complexity index is 1230. The number of anilines is 1. The summed E-state index contributed by atoms with van der Waals surface area (Å²) in [6.45, 7) is 2.21. The maximum atomic E-state index is 12.9. The van der Waals surface area contributed by atoms with Crippen LogP contribution in [0.3, 0.4) is 0 Å². The van der Waals surface area contributed by atoms with Gasteiger partial charge in [-0.2, -0.15) is 5.10 Å². The third-order valence-electron chi connectivity index (χ3n) is 7.55. The van der Waals surface area contributed by atoms with E-state index < -0.39 is 29.7 Å². The highest BCUT2D eigenvalue weighted by molar-refractivity contribution is 6.23. The van der Waals surface area contributed by atoms with Gasteiger partial charge in [0.05, 0.1) is 17.2 Å². The fourth-order valence-corrected chi connectivity index (χ4v) is 5.43. The summed E-state index contributed by atoms with van der Waals surface area (Å²) in [7, 11) is 0. The van der Waals surface area contributed by atoms with Crippen molar-refractivity contribution in [3.05, 3.63) is 47.8 Å². The molecule has 0 radical (unpaired) electrons. The Morgan fingerprint density at radius 1 is 1.00 bits per heavy atom. The van der Waals surface area contributed by atoms with Crippen molar-refractivity contribution >= 4 is 35.2 Å². The minimum Gasteiger partial charge on any atom is -0.385 e. The number of imide groups is 2. The van der Waals surface area contributed by atoms with Crippen molar-refractivity contribution < 1.29 is 24.0 Å². The first-order valence-corrected chi connectivity index (χ1v) is 13.3. The highest BCUT2D eigenvalue weighted by Crippen LogP contribution is 2.29. The number of hydrogen-bond acceptors (Lipinski definition) is 7. The van der Waals surface area contributed by atoms with Gasteiger partial charge in [0.1, 0.15) is 6.04 Å². The van der Waals surface area contributed by atoms with Gasteiger partial charge in [-0.3, -0.25) is 38.9 Å². The Kier molecular flexibility index (Phi) is 7.52. The molecule has 0 bridgehead atoms. The molecule has 2 saturated heterocycles. The molecular weight excluding hydrogens is 488 g/mol. The molecule has 1 unspecified atom stereocenters. The molecule has 3 aliphatic rings. The van der Waals surface area contributed by atoms with E-state index in [-0.39, 0.29) is 29.9 Å². The Labute approximate surface area is 220 Å². The van der Waals surface area contributed by atoms with E-state index in [4.69, 9.17) is 0 Å². The maximum absolute atomic E-state index is 12.9. The Hall–Kier alpha value is -4.02. The van der Waals surface area contributed by atoms with Gasteiger partial charge in [0.15, 0.2) is 0 Å². The summed E-state index contributed by atoms with van der Waals surface area (Å²) in [5.41, 5.74) is 1.23. The topological polar surface area (TPSA) is 134 Å². The van der Waals surface area contributed by atoms with Gasteiger partial charge in [0.2, 0.25) is 17.7 Å². The number of rotatable bonds is 9.